The van der Waals surface area contributed by atoms with Crippen molar-refractivity contribution in [2.24, 2.45) is 0 Å². The van der Waals surface area contributed by atoms with E-state index in [0.717, 1.165) is 10.4 Å². The summed E-state index contributed by atoms with van der Waals surface area (Å²) in [6.45, 7) is 2.13. The summed E-state index contributed by atoms with van der Waals surface area (Å²) in [5, 5.41) is 1.86. The van der Waals surface area contributed by atoms with Crippen LogP contribution in [0.15, 0.2) is 23.4 Å². The monoisotopic (exact) mass is 317 g/mol. The molecule has 0 aliphatic carbocycles. The second-order valence-electron chi connectivity index (χ2n) is 4.39. The molecule has 1 N–H and O–H groups in total. The Kier molecular flexibility index (Phi) is 4.86. The number of morpholine rings is 1. The van der Waals surface area contributed by atoms with E-state index >= 15 is 0 Å². The van der Waals surface area contributed by atoms with Crippen LogP contribution in [-0.2, 0) is 19.6 Å². The Labute approximate surface area is 122 Å². The lowest BCUT2D eigenvalue weighted by Gasteiger charge is -2.33. The van der Waals surface area contributed by atoms with Gasteiger partial charge >= 0.3 is 0 Å². The van der Waals surface area contributed by atoms with Crippen molar-refractivity contribution < 1.29 is 22.3 Å². The van der Waals surface area contributed by atoms with Crippen molar-refractivity contribution in [2.75, 3.05) is 26.3 Å². The fraction of sp³-hybridized carbons (Fsp3) is 0.500. The van der Waals surface area contributed by atoms with Gasteiger partial charge in [0.05, 0.1) is 13.2 Å². The van der Waals surface area contributed by atoms with E-state index in [4.69, 9.17) is 4.74 Å². The minimum Gasteiger partial charge on any atom is -0.378 e. The van der Waals surface area contributed by atoms with E-state index in [2.05, 4.69) is 10.3 Å². The number of likely N-dealkylation sites (N-methyl/N-ethyl adjacent to an activating group) is 1. The molecule has 1 aliphatic rings. The molecular weight excluding hydrogens is 301 g/mol. The molecule has 0 spiro atoms. The normalized spacial score (nSPS) is 20.2. The first-order valence-corrected chi connectivity index (χ1v) is 7.90. The summed E-state index contributed by atoms with van der Waals surface area (Å²) in [5.74, 6) is -1.42. The van der Waals surface area contributed by atoms with Gasteiger partial charge in [-0.1, -0.05) is 0 Å². The standard InChI is InChI=1S/C12H16FN3O4S/c1-2-14-11(17)10-8-20-7-6-16(10)21(18,19)12-9(13)4-3-5-15-12/h3-5,10H,2,6-8H2,1H3,(H,14,17). The number of sulfonamides is 1. The molecule has 1 unspecified atom stereocenters. The Morgan fingerprint density at radius 1 is 1.62 bits per heavy atom. The fourth-order valence-electron chi connectivity index (χ4n) is 2.05. The van der Waals surface area contributed by atoms with Crippen molar-refractivity contribution >= 4 is 15.9 Å². The van der Waals surface area contributed by atoms with Crippen molar-refractivity contribution in [3.63, 3.8) is 0 Å². The average molecular weight is 317 g/mol. The smallest absolute Gasteiger partial charge is 0.264 e. The van der Waals surface area contributed by atoms with E-state index in [0.29, 0.717) is 6.54 Å². The van der Waals surface area contributed by atoms with Crippen LogP contribution in [0.4, 0.5) is 4.39 Å². The molecule has 21 heavy (non-hydrogen) atoms. The van der Waals surface area contributed by atoms with Crippen LogP contribution in [-0.4, -0.2) is 56.0 Å². The zero-order valence-corrected chi connectivity index (χ0v) is 12.3. The molecule has 0 bridgehead atoms. The first-order chi connectivity index (χ1) is 9.98. The first kappa shape index (κ1) is 15.8. The van der Waals surface area contributed by atoms with Crippen LogP contribution in [0.3, 0.4) is 0 Å². The number of rotatable bonds is 4. The predicted octanol–water partition coefficient (Wildman–Crippen LogP) is -0.254. The molecule has 0 aromatic carbocycles. The van der Waals surface area contributed by atoms with Gasteiger partial charge < -0.3 is 10.1 Å². The molecule has 0 radical (unpaired) electrons. The van der Waals surface area contributed by atoms with E-state index in [1.165, 1.54) is 12.3 Å². The van der Waals surface area contributed by atoms with Crippen LogP contribution >= 0.6 is 0 Å². The van der Waals surface area contributed by atoms with Gasteiger partial charge in [-0.05, 0) is 19.1 Å². The zero-order chi connectivity index (χ0) is 15.5. The minimum atomic E-state index is -4.20. The van der Waals surface area contributed by atoms with Gasteiger partial charge in [-0.3, -0.25) is 4.79 Å². The third-order valence-corrected chi connectivity index (χ3v) is 4.85. The molecule has 0 saturated carbocycles. The van der Waals surface area contributed by atoms with E-state index in [-0.39, 0.29) is 19.8 Å². The molecule has 116 valence electrons. The van der Waals surface area contributed by atoms with E-state index in [1.807, 2.05) is 0 Å². The predicted molar refractivity (Wildman–Crippen MR) is 71.4 cm³/mol. The van der Waals surface area contributed by atoms with Crippen LogP contribution in [0.1, 0.15) is 6.92 Å². The number of pyridine rings is 1. The van der Waals surface area contributed by atoms with E-state index < -0.39 is 32.8 Å². The van der Waals surface area contributed by atoms with Gasteiger partial charge in [-0.2, -0.15) is 4.31 Å². The minimum absolute atomic E-state index is 0.0276. The molecule has 1 atom stereocenters. The molecule has 9 heteroatoms. The lowest BCUT2D eigenvalue weighted by Crippen LogP contribution is -2.55. The van der Waals surface area contributed by atoms with E-state index in [1.54, 1.807) is 6.92 Å². The fourth-order valence-corrected chi connectivity index (χ4v) is 3.58. The second-order valence-corrected chi connectivity index (χ2v) is 6.20. The van der Waals surface area contributed by atoms with Crippen LogP contribution < -0.4 is 5.32 Å². The third kappa shape index (κ3) is 3.20. The maximum Gasteiger partial charge on any atom is 0.264 e. The van der Waals surface area contributed by atoms with Gasteiger partial charge in [0.25, 0.3) is 10.0 Å². The van der Waals surface area contributed by atoms with Crippen molar-refractivity contribution in [1.82, 2.24) is 14.6 Å². The largest absolute Gasteiger partial charge is 0.378 e. The summed E-state index contributed by atoms with van der Waals surface area (Å²) in [4.78, 5) is 15.5. The molecule has 1 saturated heterocycles. The Morgan fingerprint density at radius 3 is 3.05 bits per heavy atom. The van der Waals surface area contributed by atoms with Gasteiger partial charge in [0.2, 0.25) is 10.9 Å². The lowest BCUT2D eigenvalue weighted by molar-refractivity contribution is -0.129. The number of ether oxygens (including phenoxy) is 1. The van der Waals surface area contributed by atoms with Gasteiger partial charge in [0.15, 0.2) is 5.82 Å². The summed E-state index contributed by atoms with van der Waals surface area (Å²) >= 11 is 0. The van der Waals surface area contributed by atoms with Crippen LogP contribution in [0, 0.1) is 5.82 Å². The number of nitrogens with zero attached hydrogens (tertiary/aromatic N) is 2. The second kappa shape index (κ2) is 6.46. The highest BCUT2D eigenvalue weighted by atomic mass is 32.2. The highest BCUT2D eigenvalue weighted by Crippen LogP contribution is 2.21. The number of carbonyl (C=O) groups excluding carboxylic acids is 1. The van der Waals surface area contributed by atoms with Gasteiger partial charge in [0, 0.05) is 19.3 Å². The molecule has 7 nitrogen and oxygen atoms in total. The van der Waals surface area contributed by atoms with Crippen molar-refractivity contribution in [1.29, 1.82) is 0 Å². The molecule has 1 aromatic rings. The first-order valence-electron chi connectivity index (χ1n) is 6.46. The number of amides is 1. The topological polar surface area (TPSA) is 88.6 Å². The zero-order valence-electron chi connectivity index (χ0n) is 11.5. The molecule has 1 amide bonds. The van der Waals surface area contributed by atoms with Gasteiger partial charge in [0.1, 0.15) is 6.04 Å². The number of halogens is 1. The number of aromatic nitrogens is 1. The third-order valence-electron chi connectivity index (χ3n) is 3.01. The number of hydrogen-bond acceptors (Lipinski definition) is 5. The Balaban J connectivity index is 2.36. The lowest BCUT2D eigenvalue weighted by atomic mass is 10.2. The van der Waals surface area contributed by atoms with Crippen molar-refractivity contribution in [3.05, 3.63) is 24.1 Å². The molecule has 2 heterocycles. The molecule has 1 aliphatic heterocycles. The molecule has 1 aromatic heterocycles. The number of nitrogens with one attached hydrogen (secondary N) is 1. The molecule has 2 rings (SSSR count). The van der Waals surface area contributed by atoms with Crippen LogP contribution in [0.5, 0.6) is 0 Å². The summed E-state index contributed by atoms with van der Waals surface area (Å²) in [7, 11) is -4.20. The Bertz CT molecular complexity index is 623. The number of hydrogen-bond donors (Lipinski definition) is 1. The highest BCUT2D eigenvalue weighted by Gasteiger charge is 2.40. The maximum absolute atomic E-state index is 13.7. The van der Waals surface area contributed by atoms with Gasteiger partial charge in [-0.15, -0.1) is 0 Å². The highest BCUT2D eigenvalue weighted by molar-refractivity contribution is 7.89. The van der Waals surface area contributed by atoms with Gasteiger partial charge in [-0.25, -0.2) is 17.8 Å². The van der Waals surface area contributed by atoms with Crippen LogP contribution in [0.25, 0.3) is 0 Å². The summed E-state index contributed by atoms with van der Waals surface area (Å²) in [6, 6.07) is 1.29. The molecular formula is C12H16FN3O4S. The summed E-state index contributed by atoms with van der Waals surface area (Å²) in [6.07, 6.45) is 1.19. The van der Waals surface area contributed by atoms with Crippen molar-refractivity contribution in [3.8, 4) is 0 Å². The summed E-state index contributed by atoms with van der Waals surface area (Å²) < 4.78 is 44.8. The maximum atomic E-state index is 13.7. The van der Waals surface area contributed by atoms with Crippen LogP contribution in [0.2, 0.25) is 0 Å². The number of carbonyl (C=O) groups is 1. The SMILES string of the molecule is CCNC(=O)C1COCCN1S(=O)(=O)c1ncccc1F. The van der Waals surface area contributed by atoms with E-state index in [9.17, 15) is 17.6 Å². The quantitative estimate of drug-likeness (QED) is 0.827. The van der Waals surface area contributed by atoms with Crippen molar-refractivity contribution in [2.45, 2.75) is 18.0 Å². The Hall–Kier alpha value is -1.58. The average Bonchev–Trinajstić information content (AvgIpc) is 2.48. The summed E-state index contributed by atoms with van der Waals surface area (Å²) in [5.41, 5.74) is 0. The molecule has 1 fully saturated rings. The Morgan fingerprint density at radius 2 is 2.38 bits per heavy atom.